The quantitative estimate of drug-likeness (QED) is 0.0382. The summed E-state index contributed by atoms with van der Waals surface area (Å²) in [4.78, 5) is 101. The Morgan fingerprint density at radius 3 is 2.30 bits per heavy atom. The number of hydrogen-bond acceptors (Lipinski definition) is 9. The number of alkyl halides is 1. The third-order valence-electron chi connectivity index (χ3n) is 13.1. The Balaban J connectivity index is 1.02. The average Bonchev–Trinajstić information content (AvgIpc) is 3.94. The highest BCUT2D eigenvalue weighted by Gasteiger charge is 2.36. The number of primary amides is 1. The molecule has 17 nitrogen and oxygen atoms in total. The summed E-state index contributed by atoms with van der Waals surface area (Å²) >= 11 is 3.68. The zero-order valence-corrected chi connectivity index (χ0v) is 41.7. The molecule has 0 saturated carbocycles. The number of fused-ring (bicyclic) bond motifs is 4. The molecule has 3 heterocycles. The second-order valence-electron chi connectivity index (χ2n) is 18.4. The topological polar surface area (TPSA) is 228 Å². The molecule has 370 valence electrons. The molecular formula is C52H62BrN9O8. The molecule has 5 aromatic rings. The number of H-pyrrole nitrogens is 1. The SMILES string of the molecule is CCNC(=O)CCC(C(=O)NC(CCCNC(N)=O)C(=O)Cc1ccc(C(=O)Nc2ccc3[nH]c(C(=O)N4C[C@@H](CBr)c5c4cc(OC(=O)N4CCN(C)CC4)c4ccccc54)cc3c2)cc1)C(C)C. The summed E-state index contributed by atoms with van der Waals surface area (Å²) in [5.74, 6) is -1.53. The first kappa shape index (κ1) is 51.1. The average molecular weight is 1020 g/mol. The van der Waals surface area contributed by atoms with Gasteiger partial charge in [0.1, 0.15) is 11.4 Å². The van der Waals surface area contributed by atoms with Gasteiger partial charge in [0.2, 0.25) is 11.8 Å². The number of carbonyl (C=O) groups excluding carboxylic acids is 7. The Morgan fingerprint density at radius 2 is 1.61 bits per heavy atom. The van der Waals surface area contributed by atoms with Crippen molar-refractivity contribution in [1.82, 2.24) is 30.7 Å². The fraction of sp³-hybridized carbons (Fsp3) is 0.404. The van der Waals surface area contributed by atoms with Gasteiger partial charge >= 0.3 is 12.1 Å². The van der Waals surface area contributed by atoms with Gasteiger partial charge in [0.05, 0.1) is 11.7 Å². The van der Waals surface area contributed by atoms with E-state index < -0.39 is 24.1 Å². The lowest BCUT2D eigenvalue weighted by Crippen LogP contribution is -2.48. The zero-order valence-electron chi connectivity index (χ0n) is 40.1. The summed E-state index contributed by atoms with van der Waals surface area (Å²) in [6.07, 6.45) is 0.709. The number of hydrogen-bond donors (Lipinski definition) is 6. The van der Waals surface area contributed by atoms with Crippen molar-refractivity contribution >= 4 is 90.5 Å². The van der Waals surface area contributed by atoms with Crippen LogP contribution < -0.4 is 36.6 Å². The van der Waals surface area contributed by atoms with Crippen molar-refractivity contribution in [2.45, 2.75) is 64.8 Å². The molecule has 1 fully saturated rings. The Labute approximate surface area is 415 Å². The van der Waals surface area contributed by atoms with Crippen LogP contribution in [-0.4, -0.2) is 121 Å². The van der Waals surface area contributed by atoms with Gasteiger partial charge in [0.15, 0.2) is 5.78 Å². The number of aromatic nitrogens is 1. The Hall–Kier alpha value is -6.79. The van der Waals surface area contributed by atoms with Crippen LogP contribution in [-0.2, 0) is 20.8 Å². The first-order chi connectivity index (χ1) is 33.6. The molecule has 2 unspecified atom stereocenters. The Kier molecular flexibility index (Phi) is 16.9. The number of urea groups is 1. The predicted molar refractivity (Wildman–Crippen MR) is 274 cm³/mol. The number of likely N-dealkylation sites (N-methyl/N-ethyl adjacent to an activating group) is 1. The number of nitrogens with two attached hydrogens (primary N) is 1. The van der Waals surface area contributed by atoms with Crippen molar-refractivity contribution < 1.29 is 38.3 Å². The second-order valence-corrected chi connectivity index (χ2v) is 19.0. The minimum Gasteiger partial charge on any atom is -0.409 e. The van der Waals surface area contributed by atoms with E-state index in [1.54, 1.807) is 58.3 Å². The van der Waals surface area contributed by atoms with Crippen LogP contribution in [0.1, 0.15) is 84.3 Å². The van der Waals surface area contributed by atoms with Crippen molar-refractivity contribution in [3.8, 4) is 5.75 Å². The third-order valence-corrected chi connectivity index (χ3v) is 13.9. The van der Waals surface area contributed by atoms with Crippen molar-refractivity contribution in [2.75, 3.05) is 68.4 Å². The van der Waals surface area contributed by atoms with E-state index in [0.717, 1.165) is 29.4 Å². The standard InChI is InChI=1S/C52H62BrN9O8/c1-5-55-46(64)19-17-37(31(2)3)49(66)59-41(11-8-20-56-51(54)68)44(63)25-32-12-14-33(15-13-32)48(65)57-36-16-18-40-34(26-36)27-42(58-40)50(67)62-30-35(29-53)47-39-10-7-6-9-38(39)45(28-43(47)62)70-52(69)61-23-21-60(4)22-24-61/h6-7,9-10,12-16,18,26-28,31,35,37,41,58H,5,8,11,17,19-25,29-30H2,1-4H3,(H,55,64)(H,57,65)(H,59,66)(H3,54,56,68)/t35-,37?,41?/m1/s1. The highest BCUT2D eigenvalue weighted by atomic mass is 79.9. The van der Waals surface area contributed by atoms with Crippen LogP contribution in [0.5, 0.6) is 5.75 Å². The number of halogens is 1. The normalized spacial score (nSPS) is 15.6. The first-order valence-electron chi connectivity index (χ1n) is 23.9. The number of carbonyl (C=O) groups is 7. The lowest BCUT2D eigenvalue weighted by atomic mass is 9.89. The molecule has 1 saturated heterocycles. The molecule has 3 atom stereocenters. The maximum absolute atomic E-state index is 14.4. The molecule has 4 aromatic carbocycles. The zero-order chi connectivity index (χ0) is 50.1. The fourth-order valence-electron chi connectivity index (χ4n) is 9.19. The molecule has 2 aliphatic heterocycles. The van der Waals surface area contributed by atoms with Crippen LogP contribution in [0.3, 0.4) is 0 Å². The minimum absolute atomic E-state index is 0.0134. The van der Waals surface area contributed by atoms with Gasteiger partial charge in [-0.25, -0.2) is 9.59 Å². The number of ether oxygens (including phenoxy) is 1. The van der Waals surface area contributed by atoms with Crippen molar-refractivity contribution in [3.05, 3.63) is 101 Å². The Morgan fingerprint density at radius 1 is 0.886 bits per heavy atom. The summed E-state index contributed by atoms with van der Waals surface area (Å²) in [6, 6.07) is 21.8. The highest BCUT2D eigenvalue weighted by molar-refractivity contribution is 9.09. The monoisotopic (exact) mass is 1020 g/mol. The van der Waals surface area contributed by atoms with Gasteiger partial charge in [-0.2, -0.15) is 0 Å². The molecule has 1 aromatic heterocycles. The van der Waals surface area contributed by atoms with E-state index in [2.05, 4.69) is 47.1 Å². The van der Waals surface area contributed by atoms with Crippen LogP contribution in [0.25, 0.3) is 21.7 Å². The summed E-state index contributed by atoms with van der Waals surface area (Å²) < 4.78 is 6.07. The molecule has 7 rings (SSSR count). The minimum atomic E-state index is -0.857. The number of ketones is 1. The largest absolute Gasteiger partial charge is 0.415 e. The Bertz CT molecular complexity index is 2750. The molecule has 0 bridgehead atoms. The second kappa shape index (κ2) is 23.2. The molecule has 0 radical (unpaired) electrons. The number of piperazine rings is 1. The molecule has 0 aliphatic carbocycles. The van der Waals surface area contributed by atoms with Crippen LogP contribution in [0, 0.1) is 11.8 Å². The number of benzene rings is 4. The van der Waals surface area contributed by atoms with Gasteiger partial charge in [0, 0.05) is 109 Å². The van der Waals surface area contributed by atoms with E-state index in [9.17, 15) is 33.6 Å². The first-order valence-corrected chi connectivity index (χ1v) is 25.0. The summed E-state index contributed by atoms with van der Waals surface area (Å²) in [6.45, 7) is 9.39. The number of amides is 7. The van der Waals surface area contributed by atoms with E-state index in [1.165, 1.54) is 0 Å². The summed E-state index contributed by atoms with van der Waals surface area (Å²) in [5, 5.41) is 14.2. The molecule has 7 amide bonds. The lowest BCUT2D eigenvalue weighted by molar-refractivity contribution is -0.131. The van der Waals surface area contributed by atoms with E-state index in [1.807, 2.05) is 58.2 Å². The molecular weight excluding hydrogens is 959 g/mol. The number of aromatic amines is 1. The highest BCUT2D eigenvalue weighted by Crippen LogP contribution is 2.46. The summed E-state index contributed by atoms with van der Waals surface area (Å²) in [7, 11) is 2.02. The van der Waals surface area contributed by atoms with Gasteiger partial charge in [-0.1, -0.05) is 66.2 Å². The van der Waals surface area contributed by atoms with Crippen molar-refractivity contribution in [3.63, 3.8) is 0 Å². The molecule has 0 spiro atoms. The van der Waals surface area contributed by atoms with Gasteiger partial charge in [-0.05, 0) is 92.1 Å². The maximum Gasteiger partial charge on any atom is 0.415 e. The van der Waals surface area contributed by atoms with Crippen molar-refractivity contribution in [2.24, 2.45) is 17.6 Å². The lowest BCUT2D eigenvalue weighted by Gasteiger charge is -2.31. The van der Waals surface area contributed by atoms with Gasteiger partial charge in [-0.3, -0.25) is 24.0 Å². The van der Waals surface area contributed by atoms with Crippen molar-refractivity contribution in [1.29, 1.82) is 0 Å². The smallest absolute Gasteiger partial charge is 0.409 e. The number of nitrogens with zero attached hydrogens (tertiary/aromatic N) is 3. The maximum atomic E-state index is 14.4. The number of anilines is 2. The van der Waals surface area contributed by atoms with Gasteiger partial charge in [0.25, 0.3) is 11.8 Å². The molecule has 2 aliphatic rings. The van der Waals surface area contributed by atoms with E-state index in [-0.39, 0.29) is 67.1 Å². The van der Waals surface area contributed by atoms with Gasteiger partial charge < -0.3 is 51.4 Å². The third kappa shape index (κ3) is 12.3. The van der Waals surface area contributed by atoms with E-state index >= 15 is 0 Å². The van der Waals surface area contributed by atoms with Crippen LogP contribution in [0.4, 0.5) is 21.0 Å². The van der Waals surface area contributed by atoms with E-state index in [4.69, 9.17) is 10.5 Å². The van der Waals surface area contributed by atoms with Crippen LogP contribution >= 0.6 is 15.9 Å². The molecule has 18 heteroatoms. The van der Waals surface area contributed by atoms with E-state index in [0.29, 0.717) is 89.2 Å². The van der Waals surface area contributed by atoms with Crippen LogP contribution in [0.15, 0.2) is 78.9 Å². The number of Topliss-reactive ketones (excluding diaryl/α,β-unsaturated/α-hetero) is 1. The predicted octanol–water partition coefficient (Wildman–Crippen LogP) is 6.69. The van der Waals surface area contributed by atoms with Crippen LogP contribution in [0.2, 0.25) is 0 Å². The fourth-order valence-corrected chi connectivity index (χ4v) is 9.71. The number of rotatable bonds is 19. The molecule has 70 heavy (non-hydrogen) atoms. The molecule has 7 N–H and O–H groups in total. The van der Waals surface area contributed by atoms with Gasteiger partial charge in [-0.15, -0.1) is 0 Å². The number of nitrogens with one attached hydrogen (secondary N) is 5. The summed E-state index contributed by atoms with van der Waals surface area (Å²) in [5.41, 5.74) is 9.45.